The van der Waals surface area contributed by atoms with Crippen LogP contribution in [0.4, 0.5) is 0 Å². The van der Waals surface area contributed by atoms with Gasteiger partial charge in [0.1, 0.15) is 12.7 Å². The average molecular weight is 755 g/mol. The van der Waals surface area contributed by atoms with Gasteiger partial charge in [-0.15, -0.1) is 0 Å². The molecule has 0 spiro atoms. The Morgan fingerprint density at radius 1 is 0.596 bits per heavy atom. The number of phosphoric acid groups is 1. The molecule has 0 aliphatic heterocycles. The summed E-state index contributed by atoms with van der Waals surface area (Å²) in [6, 6.07) is 0. The maximum atomic E-state index is 12.6. The minimum absolute atomic E-state index is 0.152. The van der Waals surface area contributed by atoms with E-state index < -0.39 is 51.8 Å². The number of ether oxygens (including phenoxy) is 2. The van der Waals surface area contributed by atoms with E-state index in [4.69, 9.17) is 19.1 Å². The van der Waals surface area contributed by atoms with Crippen LogP contribution in [0.2, 0.25) is 0 Å². The number of aliphatic hydroxyl groups is 2. The van der Waals surface area contributed by atoms with E-state index in [0.717, 1.165) is 89.9 Å². The molecule has 0 fully saturated rings. The van der Waals surface area contributed by atoms with Crippen LogP contribution in [0.3, 0.4) is 0 Å². The van der Waals surface area contributed by atoms with Gasteiger partial charge in [0.05, 0.1) is 19.8 Å². The molecule has 0 aromatic carbocycles. The molecule has 0 saturated heterocycles. The van der Waals surface area contributed by atoms with Crippen molar-refractivity contribution < 1.29 is 47.8 Å². The highest BCUT2D eigenvalue weighted by atomic mass is 31.2. The topological polar surface area (TPSA) is 149 Å². The number of phosphoric ester groups is 1. The molecule has 0 rings (SSSR count). The van der Waals surface area contributed by atoms with Crippen molar-refractivity contribution in [1.82, 2.24) is 0 Å². The fourth-order valence-corrected chi connectivity index (χ4v) is 5.65. The molecule has 0 heterocycles. The van der Waals surface area contributed by atoms with E-state index in [-0.39, 0.29) is 19.4 Å². The molecule has 0 saturated carbocycles. The SMILES string of the molecule is CC/C=C\C/C=C\C/C=C\C/C=C\CCCCCCC(=O)OC(COC(=O)CCCCCCC/C=C\CCCCC)COP(=O)(O)OCC(O)CO. The van der Waals surface area contributed by atoms with Crippen molar-refractivity contribution in [2.75, 3.05) is 26.4 Å². The number of aliphatic hydroxyl groups excluding tert-OH is 2. The van der Waals surface area contributed by atoms with E-state index in [2.05, 4.69) is 79.1 Å². The molecular weight excluding hydrogens is 683 g/mol. The molecule has 11 heteroatoms. The number of allylic oxidation sites excluding steroid dienone is 10. The van der Waals surface area contributed by atoms with E-state index in [1.807, 2.05) is 0 Å². The van der Waals surface area contributed by atoms with E-state index in [0.29, 0.717) is 12.8 Å². The molecule has 52 heavy (non-hydrogen) atoms. The van der Waals surface area contributed by atoms with E-state index in [9.17, 15) is 24.2 Å². The van der Waals surface area contributed by atoms with Crippen molar-refractivity contribution in [3.8, 4) is 0 Å². The lowest BCUT2D eigenvalue weighted by Crippen LogP contribution is -2.29. The summed E-state index contributed by atoms with van der Waals surface area (Å²) in [5, 5.41) is 18.3. The summed E-state index contributed by atoms with van der Waals surface area (Å²) in [5.74, 6) is -0.970. The van der Waals surface area contributed by atoms with Crippen molar-refractivity contribution in [2.24, 2.45) is 0 Å². The highest BCUT2D eigenvalue weighted by Gasteiger charge is 2.27. The Labute approximate surface area is 315 Å². The summed E-state index contributed by atoms with van der Waals surface area (Å²) in [7, 11) is -4.62. The van der Waals surface area contributed by atoms with Gasteiger partial charge in [0.2, 0.25) is 0 Å². The second kappa shape index (κ2) is 37.0. The van der Waals surface area contributed by atoms with Gasteiger partial charge in [0.25, 0.3) is 0 Å². The predicted molar refractivity (Wildman–Crippen MR) is 210 cm³/mol. The van der Waals surface area contributed by atoms with Crippen molar-refractivity contribution in [3.63, 3.8) is 0 Å². The molecule has 0 amide bonds. The van der Waals surface area contributed by atoms with Crippen LogP contribution in [0.25, 0.3) is 0 Å². The third kappa shape index (κ3) is 36.0. The smallest absolute Gasteiger partial charge is 0.462 e. The van der Waals surface area contributed by atoms with E-state index >= 15 is 0 Å². The Hall–Kier alpha value is -2.33. The Balaban J connectivity index is 4.42. The third-order valence-corrected chi connectivity index (χ3v) is 8.86. The van der Waals surface area contributed by atoms with Gasteiger partial charge in [0, 0.05) is 12.8 Å². The molecule has 0 aliphatic carbocycles. The largest absolute Gasteiger partial charge is 0.472 e. The quantitative estimate of drug-likeness (QED) is 0.0244. The summed E-state index contributed by atoms with van der Waals surface area (Å²) >= 11 is 0. The van der Waals surface area contributed by atoms with E-state index in [1.54, 1.807) is 0 Å². The highest BCUT2D eigenvalue weighted by molar-refractivity contribution is 7.47. The first-order chi connectivity index (χ1) is 25.2. The van der Waals surface area contributed by atoms with E-state index in [1.165, 1.54) is 19.3 Å². The Morgan fingerprint density at radius 3 is 1.62 bits per heavy atom. The normalized spacial score (nSPS) is 14.6. The van der Waals surface area contributed by atoms with Gasteiger partial charge in [0.15, 0.2) is 6.10 Å². The Kier molecular flexibility index (Phi) is 35.3. The third-order valence-electron chi connectivity index (χ3n) is 7.91. The molecule has 3 N–H and O–H groups in total. The van der Waals surface area contributed by atoms with Crippen molar-refractivity contribution >= 4 is 19.8 Å². The first kappa shape index (κ1) is 49.7. The van der Waals surface area contributed by atoms with Crippen LogP contribution in [0.5, 0.6) is 0 Å². The van der Waals surface area contributed by atoms with Gasteiger partial charge < -0.3 is 24.6 Å². The number of carbonyl (C=O) groups is 2. The number of hydrogen-bond donors (Lipinski definition) is 3. The first-order valence-corrected chi connectivity index (χ1v) is 21.2. The summed E-state index contributed by atoms with van der Waals surface area (Å²) in [6.45, 7) is 2.18. The maximum absolute atomic E-state index is 12.6. The molecule has 0 radical (unpaired) electrons. The zero-order chi connectivity index (χ0) is 38.4. The second-order valence-electron chi connectivity index (χ2n) is 12.9. The average Bonchev–Trinajstić information content (AvgIpc) is 3.13. The van der Waals surface area contributed by atoms with Crippen molar-refractivity contribution in [2.45, 2.75) is 161 Å². The zero-order valence-electron chi connectivity index (χ0n) is 32.3. The molecule has 3 unspecified atom stereocenters. The van der Waals surface area contributed by atoms with Crippen LogP contribution < -0.4 is 0 Å². The Morgan fingerprint density at radius 2 is 1.06 bits per heavy atom. The number of esters is 2. The second-order valence-corrected chi connectivity index (χ2v) is 14.4. The summed E-state index contributed by atoms with van der Waals surface area (Å²) in [5.41, 5.74) is 0. The molecule has 300 valence electrons. The van der Waals surface area contributed by atoms with Crippen LogP contribution in [0.15, 0.2) is 60.8 Å². The summed E-state index contributed by atoms with van der Waals surface area (Å²) in [6.07, 6.45) is 39.0. The van der Waals surface area contributed by atoms with Gasteiger partial charge in [-0.3, -0.25) is 18.6 Å². The monoisotopic (exact) mass is 754 g/mol. The lowest BCUT2D eigenvalue weighted by atomic mass is 10.1. The minimum Gasteiger partial charge on any atom is -0.462 e. The molecule has 0 aromatic heterocycles. The fraction of sp³-hybridized carbons (Fsp3) is 0.707. The van der Waals surface area contributed by atoms with Gasteiger partial charge in [-0.1, -0.05) is 120 Å². The lowest BCUT2D eigenvalue weighted by molar-refractivity contribution is -0.161. The molecule has 0 aliphatic rings. The number of carbonyl (C=O) groups excluding carboxylic acids is 2. The summed E-state index contributed by atoms with van der Waals surface area (Å²) in [4.78, 5) is 34.8. The lowest BCUT2D eigenvalue weighted by Gasteiger charge is -2.20. The van der Waals surface area contributed by atoms with Crippen LogP contribution >= 0.6 is 7.82 Å². The number of unbranched alkanes of at least 4 members (excludes halogenated alkanes) is 12. The van der Waals surface area contributed by atoms with Gasteiger partial charge in [-0.2, -0.15) is 0 Å². The van der Waals surface area contributed by atoms with Gasteiger partial charge in [-0.05, 0) is 77.0 Å². The molecule has 0 bridgehead atoms. The molecule has 3 atom stereocenters. The van der Waals surface area contributed by atoms with Crippen LogP contribution in [-0.4, -0.2) is 65.7 Å². The molecule has 10 nitrogen and oxygen atoms in total. The van der Waals surface area contributed by atoms with Crippen molar-refractivity contribution in [3.05, 3.63) is 60.8 Å². The maximum Gasteiger partial charge on any atom is 0.472 e. The van der Waals surface area contributed by atoms with Gasteiger partial charge in [-0.25, -0.2) is 4.57 Å². The number of hydrogen-bond acceptors (Lipinski definition) is 9. The summed E-state index contributed by atoms with van der Waals surface area (Å²) < 4.78 is 32.6. The van der Waals surface area contributed by atoms with Crippen LogP contribution in [0, 0.1) is 0 Å². The van der Waals surface area contributed by atoms with Crippen LogP contribution in [0.1, 0.15) is 149 Å². The standard InChI is InChI=1S/C41H71O10P/c1-3-5-7-9-11-13-15-17-18-19-20-21-23-25-27-29-31-33-41(45)51-39(37-50-52(46,47)49-35-38(43)34-42)36-48-40(44)32-30-28-26-24-22-16-14-12-10-8-6-4-2/h5,7,11-14,17-18,20-21,38-39,42-43H,3-4,6,8-10,15-16,19,22-37H2,1-2H3,(H,46,47)/b7-5-,13-11-,14-12-,18-17-,21-20-. The number of rotatable bonds is 36. The minimum atomic E-state index is -4.62. The van der Waals surface area contributed by atoms with Crippen LogP contribution in [-0.2, 0) is 32.7 Å². The Bertz CT molecular complexity index is 1050. The highest BCUT2D eigenvalue weighted by Crippen LogP contribution is 2.43. The molecule has 0 aromatic rings. The van der Waals surface area contributed by atoms with Gasteiger partial charge >= 0.3 is 19.8 Å². The zero-order valence-corrected chi connectivity index (χ0v) is 33.1. The fourth-order valence-electron chi connectivity index (χ4n) is 4.86. The first-order valence-electron chi connectivity index (χ1n) is 19.7. The predicted octanol–water partition coefficient (Wildman–Crippen LogP) is 9.94. The van der Waals surface area contributed by atoms with Crippen molar-refractivity contribution in [1.29, 1.82) is 0 Å². The molecular formula is C41H71O10P.